The molecule has 0 spiro atoms. The highest BCUT2D eigenvalue weighted by Crippen LogP contribution is 2.39. The van der Waals surface area contributed by atoms with Gasteiger partial charge in [0.15, 0.2) is 0 Å². The third-order valence-electron chi connectivity index (χ3n) is 4.44. The first-order chi connectivity index (χ1) is 6.82. The van der Waals surface area contributed by atoms with Gasteiger partial charge in [-0.2, -0.15) is 0 Å². The SMILES string of the molecule is C#CC(C)(C)N1CCC(C)(C(C)C)CC1. The molecule has 86 valence electrons. The van der Waals surface area contributed by atoms with Gasteiger partial charge < -0.3 is 0 Å². The van der Waals surface area contributed by atoms with Crippen molar-refractivity contribution in [3.05, 3.63) is 0 Å². The Morgan fingerprint density at radius 3 is 2.07 bits per heavy atom. The Labute approximate surface area is 95.2 Å². The van der Waals surface area contributed by atoms with Gasteiger partial charge in [0.1, 0.15) is 0 Å². The molecule has 1 nitrogen and oxygen atoms in total. The van der Waals surface area contributed by atoms with Crippen LogP contribution in [0.4, 0.5) is 0 Å². The largest absolute Gasteiger partial charge is 0.288 e. The van der Waals surface area contributed by atoms with E-state index in [1.165, 1.54) is 12.8 Å². The van der Waals surface area contributed by atoms with Crippen LogP contribution in [0.15, 0.2) is 0 Å². The molecule has 0 bridgehead atoms. The van der Waals surface area contributed by atoms with Gasteiger partial charge in [0.25, 0.3) is 0 Å². The number of hydrogen-bond acceptors (Lipinski definition) is 1. The van der Waals surface area contributed by atoms with Crippen LogP contribution >= 0.6 is 0 Å². The first kappa shape index (κ1) is 12.6. The first-order valence-corrected chi connectivity index (χ1v) is 6.05. The average molecular weight is 207 g/mol. The van der Waals surface area contributed by atoms with E-state index in [1.807, 2.05) is 0 Å². The highest BCUT2D eigenvalue weighted by molar-refractivity contribution is 5.09. The third kappa shape index (κ3) is 2.55. The predicted molar refractivity (Wildman–Crippen MR) is 66.7 cm³/mol. The molecule has 15 heavy (non-hydrogen) atoms. The molecule has 0 saturated carbocycles. The van der Waals surface area contributed by atoms with Gasteiger partial charge in [0, 0.05) is 13.1 Å². The summed E-state index contributed by atoms with van der Waals surface area (Å²) in [6, 6.07) is 0. The van der Waals surface area contributed by atoms with Crippen LogP contribution in [0.1, 0.15) is 47.5 Å². The summed E-state index contributed by atoms with van der Waals surface area (Å²) >= 11 is 0. The third-order valence-corrected chi connectivity index (χ3v) is 4.44. The van der Waals surface area contributed by atoms with E-state index in [0.717, 1.165) is 19.0 Å². The summed E-state index contributed by atoms with van der Waals surface area (Å²) in [6.45, 7) is 13.7. The Kier molecular flexibility index (Phi) is 3.51. The molecular weight excluding hydrogens is 182 g/mol. The average Bonchev–Trinajstić information content (AvgIpc) is 2.18. The van der Waals surface area contributed by atoms with Crippen molar-refractivity contribution in [2.24, 2.45) is 11.3 Å². The normalized spacial score (nSPS) is 22.7. The van der Waals surface area contributed by atoms with E-state index in [1.54, 1.807) is 0 Å². The molecule has 0 unspecified atom stereocenters. The van der Waals surface area contributed by atoms with E-state index in [9.17, 15) is 0 Å². The van der Waals surface area contributed by atoms with Gasteiger partial charge in [-0.05, 0) is 38.0 Å². The minimum absolute atomic E-state index is 0.0711. The topological polar surface area (TPSA) is 3.24 Å². The van der Waals surface area contributed by atoms with Crippen molar-refractivity contribution in [2.75, 3.05) is 13.1 Å². The van der Waals surface area contributed by atoms with Crippen molar-refractivity contribution in [2.45, 2.75) is 53.0 Å². The Balaban J connectivity index is 2.61. The van der Waals surface area contributed by atoms with Crippen molar-refractivity contribution in [3.8, 4) is 12.3 Å². The monoisotopic (exact) mass is 207 g/mol. The Hall–Kier alpha value is -0.480. The maximum absolute atomic E-state index is 5.57. The van der Waals surface area contributed by atoms with Crippen molar-refractivity contribution in [3.63, 3.8) is 0 Å². The molecule has 1 aliphatic heterocycles. The Morgan fingerprint density at radius 1 is 1.27 bits per heavy atom. The van der Waals surface area contributed by atoms with E-state index in [4.69, 9.17) is 6.42 Å². The van der Waals surface area contributed by atoms with Crippen LogP contribution in [0.3, 0.4) is 0 Å². The summed E-state index contributed by atoms with van der Waals surface area (Å²) < 4.78 is 0. The summed E-state index contributed by atoms with van der Waals surface area (Å²) in [7, 11) is 0. The van der Waals surface area contributed by atoms with E-state index >= 15 is 0 Å². The summed E-state index contributed by atoms with van der Waals surface area (Å²) in [4.78, 5) is 2.44. The second-order valence-electron chi connectivity index (χ2n) is 6.00. The molecular formula is C14H25N. The van der Waals surface area contributed by atoms with Gasteiger partial charge in [-0.25, -0.2) is 0 Å². The van der Waals surface area contributed by atoms with Gasteiger partial charge in [0.2, 0.25) is 0 Å². The highest BCUT2D eigenvalue weighted by atomic mass is 15.2. The molecule has 1 heterocycles. The van der Waals surface area contributed by atoms with Gasteiger partial charge in [-0.3, -0.25) is 4.90 Å². The molecule has 0 radical (unpaired) electrons. The van der Waals surface area contributed by atoms with Crippen LogP contribution in [0.25, 0.3) is 0 Å². The highest BCUT2D eigenvalue weighted by Gasteiger charge is 2.36. The van der Waals surface area contributed by atoms with Crippen LogP contribution < -0.4 is 0 Å². The van der Waals surface area contributed by atoms with E-state index in [-0.39, 0.29) is 5.54 Å². The zero-order valence-corrected chi connectivity index (χ0v) is 10.9. The number of terminal acetylenes is 1. The maximum Gasteiger partial charge on any atom is 0.0766 e. The summed E-state index contributed by atoms with van der Waals surface area (Å²) in [5.41, 5.74) is 0.444. The van der Waals surface area contributed by atoms with Gasteiger partial charge in [-0.15, -0.1) is 6.42 Å². The van der Waals surface area contributed by atoms with E-state index in [0.29, 0.717) is 5.41 Å². The summed E-state index contributed by atoms with van der Waals surface area (Å²) in [5, 5.41) is 0. The molecule has 0 amide bonds. The number of likely N-dealkylation sites (tertiary alicyclic amines) is 1. The van der Waals surface area contributed by atoms with Gasteiger partial charge >= 0.3 is 0 Å². The Bertz CT molecular complexity index is 249. The number of rotatable bonds is 2. The lowest BCUT2D eigenvalue weighted by Crippen LogP contribution is -2.50. The van der Waals surface area contributed by atoms with Crippen LogP contribution in [-0.2, 0) is 0 Å². The molecule has 0 aromatic carbocycles. The fourth-order valence-corrected chi connectivity index (χ4v) is 2.25. The van der Waals surface area contributed by atoms with E-state index < -0.39 is 0 Å². The van der Waals surface area contributed by atoms with Gasteiger partial charge in [0.05, 0.1) is 5.54 Å². The molecule has 1 saturated heterocycles. The fourth-order valence-electron chi connectivity index (χ4n) is 2.25. The molecule has 0 aliphatic carbocycles. The molecule has 1 heteroatoms. The predicted octanol–water partition coefficient (Wildman–Crippen LogP) is 3.16. The van der Waals surface area contributed by atoms with Gasteiger partial charge in [-0.1, -0.05) is 26.7 Å². The Morgan fingerprint density at radius 2 is 1.73 bits per heavy atom. The van der Waals surface area contributed by atoms with Crippen LogP contribution in [0, 0.1) is 23.7 Å². The molecule has 1 fully saturated rings. The van der Waals surface area contributed by atoms with Crippen molar-refractivity contribution >= 4 is 0 Å². The molecule has 0 aromatic rings. The quantitative estimate of drug-likeness (QED) is 0.629. The lowest BCUT2D eigenvalue weighted by molar-refractivity contribution is 0.0419. The van der Waals surface area contributed by atoms with Crippen molar-refractivity contribution in [1.82, 2.24) is 4.90 Å². The number of hydrogen-bond donors (Lipinski definition) is 0. The smallest absolute Gasteiger partial charge is 0.0766 e. The van der Waals surface area contributed by atoms with Crippen molar-refractivity contribution < 1.29 is 0 Å². The summed E-state index contributed by atoms with van der Waals surface area (Å²) in [6.07, 6.45) is 8.12. The molecule has 1 rings (SSSR count). The standard InChI is InChI=1S/C14H25N/c1-7-13(4,5)15-10-8-14(6,9-11-15)12(2)3/h1,12H,8-11H2,2-6H3. The fraction of sp³-hybridized carbons (Fsp3) is 0.857. The zero-order valence-electron chi connectivity index (χ0n) is 10.9. The minimum atomic E-state index is -0.0711. The molecule has 1 aliphatic rings. The number of piperidine rings is 1. The van der Waals surface area contributed by atoms with E-state index in [2.05, 4.69) is 45.4 Å². The maximum atomic E-state index is 5.57. The molecule has 0 N–H and O–H groups in total. The number of nitrogens with zero attached hydrogens (tertiary/aromatic N) is 1. The first-order valence-electron chi connectivity index (χ1n) is 6.05. The second kappa shape index (κ2) is 4.18. The van der Waals surface area contributed by atoms with Crippen LogP contribution in [0.2, 0.25) is 0 Å². The zero-order chi connectivity index (χ0) is 11.7. The lowest BCUT2D eigenvalue weighted by Gasteiger charge is -2.46. The molecule has 0 aromatic heterocycles. The minimum Gasteiger partial charge on any atom is -0.288 e. The molecule has 0 atom stereocenters. The lowest BCUT2D eigenvalue weighted by atomic mass is 9.71. The van der Waals surface area contributed by atoms with Crippen molar-refractivity contribution in [1.29, 1.82) is 0 Å². The van der Waals surface area contributed by atoms with Crippen LogP contribution in [0.5, 0.6) is 0 Å². The second-order valence-corrected chi connectivity index (χ2v) is 6.00. The van der Waals surface area contributed by atoms with Crippen LogP contribution in [-0.4, -0.2) is 23.5 Å². The summed E-state index contributed by atoms with van der Waals surface area (Å²) in [5.74, 6) is 3.67.